The number of benzene rings is 2. The van der Waals surface area contributed by atoms with Crippen molar-refractivity contribution < 1.29 is 0 Å². The lowest BCUT2D eigenvalue weighted by atomic mass is 10.1. The molecule has 0 saturated heterocycles. The largest absolute Gasteiger partial charge is 0.0622 e. The molecule has 74 valence electrons. The summed E-state index contributed by atoms with van der Waals surface area (Å²) in [5.41, 5.74) is 3.83. The maximum atomic E-state index is 2.16. The van der Waals surface area contributed by atoms with Crippen molar-refractivity contribution in [2.75, 3.05) is 0 Å². The molecular weight excluding hydrogens is 180 g/mol. The number of hydrogen-bond acceptors (Lipinski definition) is 0. The predicted molar refractivity (Wildman–Crippen MR) is 66.5 cm³/mol. The first-order chi connectivity index (χ1) is 7.36. The van der Waals surface area contributed by atoms with E-state index in [1.165, 1.54) is 16.7 Å². The van der Waals surface area contributed by atoms with Gasteiger partial charge < -0.3 is 0 Å². The Hall–Kier alpha value is -1.82. The smallest absolute Gasteiger partial charge is 0.0227 e. The highest BCUT2D eigenvalue weighted by atomic mass is 14.0. The summed E-state index contributed by atoms with van der Waals surface area (Å²) in [6, 6.07) is 18.7. The third kappa shape index (κ3) is 2.57. The van der Waals surface area contributed by atoms with Crippen LogP contribution in [0.3, 0.4) is 0 Å². The summed E-state index contributed by atoms with van der Waals surface area (Å²) in [6.07, 6.45) is 4.30. The third-order valence-electron chi connectivity index (χ3n) is 2.44. The van der Waals surface area contributed by atoms with Crippen LogP contribution in [0.15, 0.2) is 54.6 Å². The topological polar surface area (TPSA) is 0 Å². The molecule has 15 heavy (non-hydrogen) atoms. The van der Waals surface area contributed by atoms with Gasteiger partial charge in [0.25, 0.3) is 0 Å². The van der Waals surface area contributed by atoms with Gasteiger partial charge in [-0.3, -0.25) is 0 Å². The van der Waals surface area contributed by atoms with Crippen molar-refractivity contribution in [1.82, 2.24) is 0 Å². The predicted octanol–water partition coefficient (Wildman–Crippen LogP) is 4.17. The Bertz CT molecular complexity index is 452. The van der Waals surface area contributed by atoms with Crippen LogP contribution in [-0.2, 0) is 0 Å². The van der Waals surface area contributed by atoms with Crippen LogP contribution >= 0.6 is 0 Å². The summed E-state index contributed by atoms with van der Waals surface area (Å²) in [6.45, 7) is 2.13. The maximum absolute atomic E-state index is 2.16. The van der Waals surface area contributed by atoms with Gasteiger partial charge >= 0.3 is 0 Å². The molecule has 0 radical (unpaired) electrons. The molecule has 0 N–H and O–H groups in total. The average molecular weight is 194 g/mol. The summed E-state index contributed by atoms with van der Waals surface area (Å²) < 4.78 is 0. The summed E-state index contributed by atoms with van der Waals surface area (Å²) in [5.74, 6) is 0. The highest BCUT2D eigenvalue weighted by Crippen LogP contribution is 2.11. The van der Waals surface area contributed by atoms with Crippen molar-refractivity contribution in [3.05, 3.63) is 71.3 Å². The van der Waals surface area contributed by atoms with Gasteiger partial charge in [0.1, 0.15) is 0 Å². The monoisotopic (exact) mass is 194 g/mol. The molecule has 2 aromatic rings. The van der Waals surface area contributed by atoms with E-state index in [0.29, 0.717) is 0 Å². The van der Waals surface area contributed by atoms with Gasteiger partial charge in [-0.15, -0.1) is 0 Å². The molecule has 0 bridgehead atoms. The molecule has 0 nitrogen and oxygen atoms in total. The van der Waals surface area contributed by atoms with Crippen molar-refractivity contribution in [2.24, 2.45) is 0 Å². The molecule has 0 atom stereocenters. The van der Waals surface area contributed by atoms with Crippen LogP contribution in [-0.4, -0.2) is 0 Å². The molecular formula is C15H14. The van der Waals surface area contributed by atoms with Crippen LogP contribution in [0.1, 0.15) is 16.7 Å². The van der Waals surface area contributed by atoms with Crippen molar-refractivity contribution in [3.63, 3.8) is 0 Å². The molecule has 0 heteroatoms. The van der Waals surface area contributed by atoms with Crippen LogP contribution in [0, 0.1) is 6.92 Å². The Balaban J connectivity index is 2.23. The van der Waals surface area contributed by atoms with E-state index >= 15 is 0 Å². The second kappa shape index (κ2) is 4.61. The highest BCUT2D eigenvalue weighted by Gasteiger charge is 1.90. The summed E-state index contributed by atoms with van der Waals surface area (Å²) >= 11 is 0. The molecule has 0 heterocycles. The Morgan fingerprint density at radius 1 is 0.733 bits per heavy atom. The summed E-state index contributed by atoms with van der Waals surface area (Å²) in [7, 11) is 0. The molecule has 0 fully saturated rings. The third-order valence-corrected chi connectivity index (χ3v) is 2.44. The lowest BCUT2D eigenvalue weighted by molar-refractivity contribution is 1.45. The summed E-state index contributed by atoms with van der Waals surface area (Å²) in [4.78, 5) is 0. The maximum Gasteiger partial charge on any atom is -0.0227 e. The first kappa shape index (κ1) is 9.72. The first-order valence-electron chi connectivity index (χ1n) is 5.15. The van der Waals surface area contributed by atoms with Gasteiger partial charge in [-0.2, -0.15) is 0 Å². The Morgan fingerprint density at radius 3 is 2.13 bits per heavy atom. The zero-order valence-electron chi connectivity index (χ0n) is 8.85. The van der Waals surface area contributed by atoms with E-state index in [1.54, 1.807) is 0 Å². The van der Waals surface area contributed by atoms with E-state index in [1.807, 2.05) is 6.07 Å². The van der Waals surface area contributed by atoms with Gasteiger partial charge in [0.15, 0.2) is 0 Å². The zero-order chi connectivity index (χ0) is 10.5. The average Bonchev–Trinajstić information content (AvgIpc) is 2.29. The quantitative estimate of drug-likeness (QED) is 0.629. The van der Waals surface area contributed by atoms with Gasteiger partial charge in [0, 0.05) is 0 Å². The lowest BCUT2D eigenvalue weighted by Crippen LogP contribution is -1.77. The Labute approximate surface area is 90.9 Å². The second-order valence-electron chi connectivity index (χ2n) is 3.60. The minimum absolute atomic E-state index is 1.24. The van der Waals surface area contributed by atoms with E-state index in [4.69, 9.17) is 0 Å². The van der Waals surface area contributed by atoms with Crippen LogP contribution in [0.25, 0.3) is 12.2 Å². The van der Waals surface area contributed by atoms with Crippen LogP contribution < -0.4 is 0 Å². The van der Waals surface area contributed by atoms with Gasteiger partial charge in [-0.1, -0.05) is 66.7 Å². The van der Waals surface area contributed by atoms with E-state index in [9.17, 15) is 0 Å². The van der Waals surface area contributed by atoms with Gasteiger partial charge in [-0.25, -0.2) is 0 Å². The minimum atomic E-state index is 1.24. The molecule has 0 amide bonds. The number of rotatable bonds is 2. The molecule has 2 aromatic carbocycles. The fraction of sp³-hybridized carbons (Fsp3) is 0.0667. The van der Waals surface area contributed by atoms with Crippen LogP contribution in [0.5, 0.6) is 0 Å². The van der Waals surface area contributed by atoms with Crippen LogP contribution in [0.2, 0.25) is 0 Å². The molecule has 0 aromatic heterocycles. The summed E-state index contributed by atoms with van der Waals surface area (Å²) in [5, 5.41) is 0. The molecule has 0 spiro atoms. The number of aryl methyl sites for hydroxylation is 1. The first-order valence-corrected chi connectivity index (χ1v) is 5.15. The van der Waals surface area contributed by atoms with Gasteiger partial charge in [-0.05, 0) is 23.6 Å². The Morgan fingerprint density at radius 2 is 1.40 bits per heavy atom. The fourth-order valence-electron chi connectivity index (χ4n) is 1.52. The lowest BCUT2D eigenvalue weighted by Gasteiger charge is -1.98. The van der Waals surface area contributed by atoms with Crippen molar-refractivity contribution in [1.29, 1.82) is 0 Å². The van der Waals surface area contributed by atoms with E-state index in [-0.39, 0.29) is 0 Å². The highest BCUT2D eigenvalue weighted by molar-refractivity contribution is 5.70. The van der Waals surface area contributed by atoms with E-state index in [2.05, 4.69) is 67.6 Å². The molecule has 0 unspecified atom stereocenters. The molecule has 0 aliphatic heterocycles. The zero-order valence-corrected chi connectivity index (χ0v) is 8.85. The van der Waals surface area contributed by atoms with Gasteiger partial charge in [0.2, 0.25) is 0 Å². The van der Waals surface area contributed by atoms with Crippen LogP contribution in [0.4, 0.5) is 0 Å². The molecule has 2 rings (SSSR count). The van der Waals surface area contributed by atoms with Crippen molar-refractivity contribution in [3.8, 4) is 0 Å². The van der Waals surface area contributed by atoms with Gasteiger partial charge in [0.05, 0.1) is 0 Å². The van der Waals surface area contributed by atoms with E-state index in [0.717, 1.165) is 0 Å². The normalized spacial score (nSPS) is 10.7. The van der Waals surface area contributed by atoms with E-state index < -0.39 is 0 Å². The second-order valence-corrected chi connectivity index (χ2v) is 3.60. The SMILES string of the molecule is Cc1ccccc1/C=C\c1ccccc1. The number of hydrogen-bond donors (Lipinski definition) is 0. The molecule has 0 aliphatic rings. The van der Waals surface area contributed by atoms with Crippen molar-refractivity contribution in [2.45, 2.75) is 6.92 Å². The Kier molecular flexibility index (Phi) is 2.99. The minimum Gasteiger partial charge on any atom is -0.0622 e. The fourth-order valence-corrected chi connectivity index (χ4v) is 1.52. The van der Waals surface area contributed by atoms with Crippen molar-refractivity contribution >= 4 is 12.2 Å². The molecule has 0 saturated carbocycles. The molecule has 0 aliphatic carbocycles. The standard InChI is InChI=1S/C15H14/c1-13-7-5-6-10-15(13)12-11-14-8-3-2-4-9-14/h2-12H,1H3/b12-11-.